The first kappa shape index (κ1) is 19.3. The van der Waals surface area contributed by atoms with Crippen molar-refractivity contribution in [3.8, 4) is 5.75 Å². The predicted molar refractivity (Wildman–Crippen MR) is 98.4 cm³/mol. The van der Waals surface area contributed by atoms with Crippen molar-refractivity contribution in [3.63, 3.8) is 0 Å². The van der Waals surface area contributed by atoms with Crippen molar-refractivity contribution in [2.75, 3.05) is 19.8 Å². The van der Waals surface area contributed by atoms with Crippen LogP contribution in [0.25, 0.3) is 0 Å². The number of rotatable bonds is 13. The van der Waals surface area contributed by atoms with Gasteiger partial charge in [-0.25, -0.2) is 0 Å². The molecule has 0 saturated carbocycles. The Balaban J connectivity index is 1.44. The predicted octanol–water partition coefficient (Wildman–Crippen LogP) is 6.03. The van der Waals surface area contributed by atoms with Crippen LogP contribution < -0.4 is 4.74 Å². The summed E-state index contributed by atoms with van der Waals surface area (Å²) in [6.07, 6.45) is 13.3. The Morgan fingerprint density at radius 2 is 1.33 bits per heavy atom. The molecule has 3 heteroatoms. The van der Waals surface area contributed by atoms with Gasteiger partial charge in [0.15, 0.2) is 6.29 Å². The molecular weight excluding hydrogens is 300 g/mol. The third kappa shape index (κ3) is 7.67. The van der Waals surface area contributed by atoms with Crippen LogP contribution in [-0.4, -0.2) is 19.8 Å². The number of benzene rings is 1. The van der Waals surface area contributed by atoms with Crippen molar-refractivity contribution in [2.24, 2.45) is 0 Å². The van der Waals surface area contributed by atoms with E-state index in [0.717, 1.165) is 24.3 Å². The van der Waals surface area contributed by atoms with Crippen LogP contribution in [-0.2, 0) is 9.47 Å². The highest BCUT2D eigenvalue weighted by Crippen LogP contribution is 2.25. The molecule has 0 atom stereocenters. The van der Waals surface area contributed by atoms with Gasteiger partial charge in [0, 0.05) is 5.56 Å². The average Bonchev–Trinajstić information content (AvgIpc) is 3.15. The highest BCUT2D eigenvalue weighted by atomic mass is 16.7. The van der Waals surface area contributed by atoms with E-state index < -0.39 is 0 Å². The molecule has 136 valence electrons. The van der Waals surface area contributed by atoms with Crippen molar-refractivity contribution < 1.29 is 14.2 Å². The number of ether oxygens (including phenoxy) is 3. The second-order valence-corrected chi connectivity index (χ2v) is 6.67. The molecule has 1 heterocycles. The SMILES string of the molecule is CCCCCCCCCCCCOc1ccc(C2OCCO2)cc1. The largest absolute Gasteiger partial charge is 0.494 e. The van der Waals surface area contributed by atoms with Crippen molar-refractivity contribution in [3.05, 3.63) is 29.8 Å². The molecule has 0 unspecified atom stereocenters. The van der Waals surface area contributed by atoms with E-state index in [1.165, 1.54) is 57.8 Å². The number of hydrogen-bond donors (Lipinski definition) is 0. The topological polar surface area (TPSA) is 27.7 Å². The normalized spacial score (nSPS) is 15.0. The van der Waals surface area contributed by atoms with E-state index in [0.29, 0.717) is 13.2 Å². The maximum atomic E-state index is 5.81. The lowest BCUT2D eigenvalue weighted by Crippen LogP contribution is -2.00. The first-order valence-corrected chi connectivity index (χ1v) is 9.86. The van der Waals surface area contributed by atoms with Crippen LogP contribution in [0, 0.1) is 0 Å². The van der Waals surface area contributed by atoms with Gasteiger partial charge in [0.1, 0.15) is 5.75 Å². The lowest BCUT2D eigenvalue weighted by molar-refractivity contribution is -0.0441. The molecule has 0 spiro atoms. The Morgan fingerprint density at radius 3 is 1.92 bits per heavy atom. The molecule has 0 bridgehead atoms. The summed E-state index contributed by atoms with van der Waals surface area (Å²) in [6.45, 7) is 4.45. The summed E-state index contributed by atoms with van der Waals surface area (Å²) < 4.78 is 16.8. The highest BCUT2D eigenvalue weighted by molar-refractivity contribution is 5.28. The molecule has 0 radical (unpaired) electrons. The summed E-state index contributed by atoms with van der Waals surface area (Å²) in [5.41, 5.74) is 1.07. The molecule has 1 saturated heterocycles. The van der Waals surface area contributed by atoms with Crippen LogP contribution in [0.15, 0.2) is 24.3 Å². The zero-order valence-corrected chi connectivity index (χ0v) is 15.3. The lowest BCUT2D eigenvalue weighted by Gasteiger charge is -2.11. The van der Waals surface area contributed by atoms with Crippen LogP contribution >= 0.6 is 0 Å². The summed E-state index contributed by atoms with van der Waals surface area (Å²) in [5, 5.41) is 0. The van der Waals surface area contributed by atoms with Crippen LogP contribution in [0.5, 0.6) is 5.75 Å². The first-order chi connectivity index (χ1) is 11.9. The molecule has 24 heavy (non-hydrogen) atoms. The van der Waals surface area contributed by atoms with Gasteiger partial charge in [-0.1, -0.05) is 76.8 Å². The number of hydrogen-bond acceptors (Lipinski definition) is 3. The lowest BCUT2D eigenvalue weighted by atomic mass is 10.1. The second kappa shape index (κ2) is 12.3. The van der Waals surface area contributed by atoms with Crippen LogP contribution in [0.2, 0.25) is 0 Å². The Labute approximate surface area is 147 Å². The zero-order valence-electron chi connectivity index (χ0n) is 15.3. The minimum absolute atomic E-state index is 0.193. The minimum Gasteiger partial charge on any atom is -0.494 e. The van der Waals surface area contributed by atoms with Crippen molar-refractivity contribution >= 4 is 0 Å². The van der Waals surface area contributed by atoms with Crippen LogP contribution in [0.4, 0.5) is 0 Å². The van der Waals surface area contributed by atoms with Crippen molar-refractivity contribution in [1.29, 1.82) is 0 Å². The summed E-state index contributed by atoms with van der Waals surface area (Å²) in [6, 6.07) is 8.08. The molecule has 0 aliphatic carbocycles. The Bertz CT molecular complexity index is 410. The van der Waals surface area contributed by atoms with Gasteiger partial charge in [-0.05, 0) is 18.6 Å². The minimum atomic E-state index is -0.193. The summed E-state index contributed by atoms with van der Waals surface area (Å²) in [4.78, 5) is 0. The monoisotopic (exact) mass is 334 g/mol. The molecule has 1 aromatic carbocycles. The first-order valence-electron chi connectivity index (χ1n) is 9.86. The maximum absolute atomic E-state index is 5.81. The van der Waals surface area contributed by atoms with Gasteiger partial charge in [0.25, 0.3) is 0 Å². The summed E-state index contributed by atoms with van der Waals surface area (Å²) in [7, 11) is 0. The van der Waals surface area contributed by atoms with Gasteiger partial charge >= 0.3 is 0 Å². The standard InChI is InChI=1S/C21H34O3/c1-2-3-4-5-6-7-8-9-10-11-16-22-20-14-12-19(13-15-20)21-23-17-18-24-21/h12-15,21H,2-11,16-18H2,1H3. The van der Waals surface area contributed by atoms with E-state index in [4.69, 9.17) is 14.2 Å². The van der Waals surface area contributed by atoms with Gasteiger partial charge in [0.2, 0.25) is 0 Å². The van der Waals surface area contributed by atoms with Gasteiger partial charge < -0.3 is 14.2 Å². The molecule has 1 fully saturated rings. The van der Waals surface area contributed by atoms with Crippen molar-refractivity contribution in [1.82, 2.24) is 0 Å². The van der Waals surface area contributed by atoms with E-state index in [-0.39, 0.29) is 6.29 Å². The van der Waals surface area contributed by atoms with E-state index >= 15 is 0 Å². The smallest absolute Gasteiger partial charge is 0.184 e. The van der Waals surface area contributed by atoms with E-state index in [2.05, 4.69) is 6.92 Å². The maximum Gasteiger partial charge on any atom is 0.184 e. The molecule has 0 aromatic heterocycles. The fourth-order valence-corrected chi connectivity index (χ4v) is 3.05. The fraction of sp³-hybridized carbons (Fsp3) is 0.714. The molecular formula is C21H34O3. The summed E-state index contributed by atoms with van der Waals surface area (Å²) >= 11 is 0. The fourth-order valence-electron chi connectivity index (χ4n) is 3.05. The van der Waals surface area contributed by atoms with E-state index in [1.54, 1.807) is 0 Å². The Morgan fingerprint density at radius 1 is 0.792 bits per heavy atom. The molecule has 1 aliphatic heterocycles. The third-order valence-electron chi connectivity index (χ3n) is 4.54. The molecule has 3 nitrogen and oxygen atoms in total. The van der Waals surface area contributed by atoms with Gasteiger partial charge in [0.05, 0.1) is 19.8 Å². The quantitative estimate of drug-likeness (QED) is 0.412. The van der Waals surface area contributed by atoms with Gasteiger partial charge in [-0.15, -0.1) is 0 Å². The molecule has 1 aliphatic rings. The van der Waals surface area contributed by atoms with Gasteiger partial charge in [-0.2, -0.15) is 0 Å². The molecule has 0 amide bonds. The Hall–Kier alpha value is -1.06. The second-order valence-electron chi connectivity index (χ2n) is 6.67. The molecule has 1 aromatic rings. The van der Waals surface area contributed by atoms with E-state index in [1.807, 2.05) is 24.3 Å². The number of unbranched alkanes of at least 4 members (excludes halogenated alkanes) is 9. The molecule has 0 N–H and O–H groups in total. The van der Waals surface area contributed by atoms with Crippen LogP contribution in [0.1, 0.15) is 83.0 Å². The zero-order chi connectivity index (χ0) is 16.9. The van der Waals surface area contributed by atoms with Crippen LogP contribution in [0.3, 0.4) is 0 Å². The van der Waals surface area contributed by atoms with E-state index in [9.17, 15) is 0 Å². The highest BCUT2D eigenvalue weighted by Gasteiger charge is 2.17. The van der Waals surface area contributed by atoms with Crippen molar-refractivity contribution in [2.45, 2.75) is 77.4 Å². The third-order valence-corrected chi connectivity index (χ3v) is 4.54. The molecule has 2 rings (SSSR count). The summed E-state index contributed by atoms with van der Waals surface area (Å²) in [5.74, 6) is 0.938. The Kier molecular flexibility index (Phi) is 9.89. The average molecular weight is 335 g/mol. The van der Waals surface area contributed by atoms with Gasteiger partial charge in [-0.3, -0.25) is 0 Å².